The number of aliphatic hydroxyl groups is 2. The van der Waals surface area contributed by atoms with Crippen molar-refractivity contribution in [1.29, 1.82) is 0 Å². The first-order chi connectivity index (χ1) is 14.7. The van der Waals surface area contributed by atoms with Gasteiger partial charge in [-0.05, 0) is 0 Å². The Bertz CT molecular complexity index is 851. The molecule has 174 valence electrons. The Hall–Kier alpha value is -2.58. The zero-order valence-corrected chi connectivity index (χ0v) is 17.1. The highest BCUT2D eigenvalue weighted by Gasteiger charge is 2.45. The van der Waals surface area contributed by atoms with E-state index in [-0.39, 0.29) is 26.4 Å². The Labute approximate surface area is 176 Å². The zero-order valence-electron chi connectivity index (χ0n) is 17.1. The van der Waals surface area contributed by atoms with Gasteiger partial charge in [0.15, 0.2) is 6.23 Å². The highest BCUT2D eigenvalue weighted by atomic mass is 16.7. The van der Waals surface area contributed by atoms with Gasteiger partial charge in [-0.2, -0.15) is 0 Å². The lowest BCUT2D eigenvalue weighted by atomic mass is 10.1. The molecule has 5 atom stereocenters. The average molecular weight is 446 g/mol. The van der Waals surface area contributed by atoms with Gasteiger partial charge in [0, 0.05) is 32.5 Å². The molecule has 1 aliphatic heterocycles. The van der Waals surface area contributed by atoms with E-state index in [0.717, 1.165) is 10.6 Å². The number of carbonyl (C=O) groups is 2. The SMILES string of the molecule is CC(=O)OCC(CCOCO[C@@H]1[C@@H](O)[C@@H](CO)O[C@H]1n1ccc(=O)[nH]c1=O)OC(C)=O. The lowest BCUT2D eigenvalue weighted by Gasteiger charge is -2.22. The summed E-state index contributed by atoms with van der Waals surface area (Å²) >= 11 is 0. The molecule has 0 radical (unpaired) electrons. The Balaban J connectivity index is 1.91. The molecule has 0 amide bonds. The molecule has 0 aliphatic carbocycles. The highest BCUT2D eigenvalue weighted by molar-refractivity contribution is 5.67. The van der Waals surface area contributed by atoms with Crippen molar-refractivity contribution in [2.45, 2.75) is 50.9 Å². The number of H-pyrrole nitrogens is 1. The maximum Gasteiger partial charge on any atom is 0.330 e. The minimum atomic E-state index is -1.27. The molecule has 1 aromatic rings. The second-order valence-electron chi connectivity index (χ2n) is 6.74. The Kier molecular flexibility index (Phi) is 9.33. The largest absolute Gasteiger partial charge is 0.462 e. The van der Waals surface area contributed by atoms with Crippen LogP contribution < -0.4 is 11.2 Å². The molecule has 1 aliphatic rings. The van der Waals surface area contributed by atoms with Crippen molar-refractivity contribution in [2.24, 2.45) is 0 Å². The van der Waals surface area contributed by atoms with Crippen LogP contribution in [-0.4, -0.2) is 82.7 Å². The maximum absolute atomic E-state index is 12.0. The molecule has 31 heavy (non-hydrogen) atoms. The molecule has 2 heterocycles. The number of esters is 2. The summed E-state index contributed by atoms with van der Waals surface area (Å²) in [7, 11) is 0. The van der Waals surface area contributed by atoms with E-state index in [0.29, 0.717) is 0 Å². The minimum absolute atomic E-state index is 0.0651. The molecule has 0 saturated carbocycles. The van der Waals surface area contributed by atoms with Gasteiger partial charge in [-0.1, -0.05) is 0 Å². The third-order valence-electron chi connectivity index (χ3n) is 4.35. The monoisotopic (exact) mass is 446 g/mol. The van der Waals surface area contributed by atoms with Gasteiger partial charge in [0.2, 0.25) is 0 Å². The fraction of sp³-hybridized carbons (Fsp3) is 0.667. The van der Waals surface area contributed by atoms with E-state index >= 15 is 0 Å². The van der Waals surface area contributed by atoms with Crippen molar-refractivity contribution in [2.75, 3.05) is 26.6 Å². The highest BCUT2D eigenvalue weighted by Crippen LogP contribution is 2.30. The predicted molar refractivity (Wildman–Crippen MR) is 101 cm³/mol. The molecule has 0 aromatic carbocycles. The predicted octanol–water partition coefficient (Wildman–Crippen LogP) is -1.97. The normalized spacial score (nSPS) is 24.0. The van der Waals surface area contributed by atoms with E-state index in [1.807, 2.05) is 0 Å². The topological polar surface area (TPSA) is 176 Å². The van der Waals surface area contributed by atoms with Gasteiger partial charge < -0.3 is 33.9 Å². The summed E-state index contributed by atoms with van der Waals surface area (Å²) in [6, 6.07) is 1.11. The second kappa shape index (κ2) is 11.7. The summed E-state index contributed by atoms with van der Waals surface area (Å²) in [5.41, 5.74) is -1.37. The lowest BCUT2D eigenvalue weighted by molar-refractivity contribution is -0.161. The van der Waals surface area contributed by atoms with Crippen LogP contribution in [-0.2, 0) is 33.3 Å². The van der Waals surface area contributed by atoms with Gasteiger partial charge in [-0.25, -0.2) is 4.79 Å². The fourth-order valence-electron chi connectivity index (χ4n) is 2.92. The van der Waals surface area contributed by atoms with E-state index in [4.69, 9.17) is 23.7 Å². The van der Waals surface area contributed by atoms with E-state index in [9.17, 15) is 29.4 Å². The van der Waals surface area contributed by atoms with Crippen molar-refractivity contribution in [1.82, 2.24) is 9.55 Å². The van der Waals surface area contributed by atoms with Crippen LogP contribution >= 0.6 is 0 Å². The summed E-state index contributed by atoms with van der Waals surface area (Å²) in [6.45, 7) is 1.56. The van der Waals surface area contributed by atoms with Crippen LogP contribution in [0.5, 0.6) is 0 Å². The number of nitrogens with zero attached hydrogens (tertiary/aromatic N) is 1. The number of aromatic nitrogens is 2. The quantitative estimate of drug-likeness (QED) is 0.195. The number of rotatable bonds is 11. The van der Waals surface area contributed by atoms with Crippen LogP contribution in [0.2, 0.25) is 0 Å². The van der Waals surface area contributed by atoms with Gasteiger partial charge in [-0.15, -0.1) is 0 Å². The molecule has 2 rings (SSSR count). The van der Waals surface area contributed by atoms with E-state index in [1.54, 1.807) is 0 Å². The van der Waals surface area contributed by atoms with Crippen molar-refractivity contribution in [3.8, 4) is 0 Å². The van der Waals surface area contributed by atoms with E-state index in [1.165, 1.54) is 20.0 Å². The summed E-state index contributed by atoms with van der Waals surface area (Å²) in [6.07, 6.45) is -3.77. The van der Waals surface area contributed by atoms with Crippen LogP contribution in [0, 0.1) is 0 Å². The van der Waals surface area contributed by atoms with Crippen LogP contribution in [0.25, 0.3) is 0 Å². The summed E-state index contributed by atoms with van der Waals surface area (Å²) in [5.74, 6) is -1.05. The van der Waals surface area contributed by atoms with Crippen molar-refractivity contribution >= 4 is 11.9 Å². The van der Waals surface area contributed by atoms with Gasteiger partial charge in [0.05, 0.1) is 13.2 Å². The Morgan fingerprint density at radius 2 is 2.03 bits per heavy atom. The number of hydrogen-bond donors (Lipinski definition) is 3. The lowest BCUT2D eigenvalue weighted by Crippen LogP contribution is -2.39. The van der Waals surface area contributed by atoms with Crippen molar-refractivity contribution in [3.63, 3.8) is 0 Å². The maximum atomic E-state index is 12.0. The van der Waals surface area contributed by atoms with Crippen LogP contribution in [0.15, 0.2) is 21.9 Å². The second-order valence-corrected chi connectivity index (χ2v) is 6.74. The molecule has 1 aromatic heterocycles. The standard InChI is InChI=1S/C18H26N2O11/c1-10(22)28-8-12(30-11(2)23)4-6-27-9-29-16-15(25)13(7-21)31-17(16)20-5-3-14(24)19-18(20)26/h3,5,12-13,15-17,21,25H,4,6-9H2,1-2H3,(H,19,24,26)/t12?,13-,15+,16-,17-/m1/s1. The van der Waals surface area contributed by atoms with E-state index < -0.39 is 60.4 Å². The fourth-order valence-corrected chi connectivity index (χ4v) is 2.92. The first-order valence-electron chi connectivity index (χ1n) is 9.48. The minimum Gasteiger partial charge on any atom is -0.462 e. The molecule has 1 unspecified atom stereocenters. The van der Waals surface area contributed by atoms with Gasteiger partial charge in [0.1, 0.15) is 37.8 Å². The third kappa shape index (κ3) is 7.25. The van der Waals surface area contributed by atoms with Crippen molar-refractivity contribution < 1.29 is 43.5 Å². The summed E-state index contributed by atoms with van der Waals surface area (Å²) < 4.78 is 27.2. The molecule has 13 nitrogen and oxygen atoms in total. The first kappa shape index (κ1) is 24.7. The molecule has 3 N–H and O–H groups in total. The zero-order chi connectivity index (χ0) is 23.0. The Morgan fingerprint density at radius 3 is 2.65 bits per heavy atom. The first-order valence-corrected chi connectivity index (χ1v) is 9.48. The molecule has 1 fully saturated rings. The Morgan fingerprint density at radius 1 is 1.29 bits per heavy atom. The molecular formula is C18H26N2O11. The molecule has 1 saturated heterocycles. The van der Waals surface area contributed by atoms with Crippen molar-refractivity contribution in [3.05, 3.63) is 33.1 Å². The number of nitrogens with one attached hydrogen (secondary N) is 1. The number of hydrogen-bond acceptors (Lipinski definition) is 11. The smallest absolute Gasteiger partial charge is 0.330 e. The molecule has 0 bridgehead atoms. The van der Waals surface area contributed by atoms with Crippen LogP contribution in [0.3, 0.4) is 0 Å². The van der Waals surface area contributed by atoms with E-state index in [2.05, 4.69) is 4.98 Å². The van der Waals surface area contributed by atoms with Crippen LogP contribution in [0.1, 0.15) is 26.5 Å². The summed E-state index contributed by atoms with van der Waals surface area (Å²) in [5, 5.41) is 19.7. The van der Waals surface area contributed by atoms with Gasteiger partial charge in [0.25, 0.3) is 5.56 Å². The molecule has 13 heteroatoms. The molecular weight excluding hydrogens is 420 g/mol. The molecule has 0 spiro atoms. The third-order valence-corrected chi connectivity index (χ3v) is 4.35. The number of aliphatic hydroxyl groups excluding tert-OH is 2. The number of carbonyl (C=O) groups excluding carboxylic acids is 2. The average Bonchev–Trinajstić information content (AvgIpc) is 3.00. The number of aromatic amines is 1. The van der Waals surface area contributed by atoms with Crippen LogP contribution in [0.4, 0.5) is 0 Å². The van der Waals surface area contributed by atoms with Gasteiger partial charge in [-0.3, -0.25) is 23.9 Å². The summed E-state index contributed by atoms with van der Waals surface area (Å²) in [4.78, 5) is 47.4. The number of ether oxygens (including phenoxy) is 5. The van der Waals surface area contributed by atoms with Gasteiger partial charge >= 0.3 is 17.6 Å².